The lowest BCUT2D eigenvalue weighted by molar-refractivity contribution is 0.220. The topological polar surface area (TPSA) is 68.2 Å². The van der Waals surface area contributed by atoms with Crippen molar-refractivity contribution < 1.29 is 4.52 Å². The maximum atomic E-state index is 5.45. The van der Waals surface area contributed by atoms with Crippen molar-refractivity contribution in [1.29, 1.82) is 0 Å². The van der Waals surface area contributed by atoms with Crippen LogP contribution in [0, 0.1) is 0 Å². The molecule has 0 spiro atoms. The number of likely N-dealkylation sites (tertiary alicyclic amines) is 1. The minimum Gasteiger partial charge on any atom is -0.339 e. The number of rotatable bonds is 4. The molecule has 0 saturated carbocycles. The van der Waals surface area contributed by atoms with Gasteiger partial charge in [-0.2, -0.15) is 4.98 Å². The molecule has 0 radical (unpaired) electrons. The number of nitrogens with zero attached hydrogens (tertiary/aromatic N) is 3. The predicted molar refractivity (Wildman–Crippen MR) is 61.1 cm³/mol. The van der Waals surface area contributed by atoms with E-state index in [-0.39, 0.29) is 0 Å². The fourth-order valence-corrected chi connectivity index (χ4v) is 2.16. The van der Waals surface area contributed by atoms with E-state index in [1.165, 1.54) is 13.0 Å². The first kappa shape index (κ1) is 11.5. The summed E-state index contributed by atoms with van der Waals surface area (Å²) in [5, 5.41) is 3.99. The molecule has 5 nitrogen and oxygen atoms in total. The molecular weight excluding hydrogens is 204 g/mol. The van der Waals surface area contributed by atoms with Crippen molar-refractivity contribution >= 4 is 0 Å². The Labute approximate surface area is 96.0 Å². The number of hydrogen-bond donors (Lipinski definition) is 1. The van der Waals surface area contributed by atoms with Crippen molar-refractivity contribution in [2.45, 2.75) is 31.6 Å². The molecule has 0 amide bonds. The zero-order valence-corrected chi connectivity index (χ0v) is 9.85. The van der Waals surface area contributed by atoms with Crippen LogP contribution in [0.25, 0.3) is 0 Å². The maximum absolute atomic E-state index is 5.45. The van der Waals surface area contributed by atoms with Crippen molar-refractivity contribution in [3.63, 3.8) is 0 Å². The van der Waals surface area contributed by atoms with E-state index in [0.29, 0.717) is 12.5 Å². The number of aryl methyl sites for hydroxylation is 1. The van der Waals surface area contributed by atoms with Gasteiger partial charge in [0.1, 0.15) is 0 Å². The second-order valence-corrected chi connectivity index (χ2v) is 4.54. The van der Waals surface area contributed by atoms with Crippen LogP contribution in [0.2, 0.25) is 0 Å². The standard InChI is InChI=1S/C11H20N4O/c1-15-7-3-4-9(8-15)11-13-10(14-16-11)5-2-6-12/h9H,2-8,12H2,1H3/t9-/m1/s1. The summed E-state index contributed by atoms with van der Waals surface area (Å²) in [7, 11) is 2.14. The maximum Gasteiger partial charge on any atom is 0.231 e. The Morgan fingerprint density at radius 3 is 3.19 bits per heavy atom. The number of aromatic nitrogens is 2. The van der Waals surface area contributed by atoms with Crippen LogP contribution in [0.3, 0.4) is 0 Å². The van der Waals surface area contributed by atoms with Gasteiger partial charge in [0.25, 0.3) is 0 Å². The SMILES string of the molecule is CN1CCC[C@@H](c2nc(CCCN)no2)C1. The van der Waals surface area contributed by atoms with Crippen molar-refractivity contribution in [2.75, 3.05) is 26.7 Å². The highest BCUT2D eigenvalue weighted by atomic mass is 16.5. The predicted octanol–water partition coefficient (Wildman–Crippen LogP) is 0.770. The molecule has 0 aliphatic carbocycles. The lowest BCUT2D eigenvalue weighted by Crippen LogP contribution is -2.30. The highest BCUT2D eigenvalue weighted by Crippen LogP contribution is 2.24. The van der Waals surface area contributed by atoms with E-state index < -0.39 is 0 Å². The quantitative estimate of drug-likeness (QED) is 0.818. The average Bonchev–Trinajstić information content (AvgIpc) is 2.75. The van der Waals surface area contributed by atoms with Gasteiger partial charge in [-0.3, -0.25) is 0 Å². The van der Waals surface area contributed by atoms with Crippen LogP contribution in [-0.2, 0) is 6.42 Å². The molecule has 90 valence electrons. The third-order valence-electron chi connectivity index (χ3n) is 3.06. The fourth-order valence-electron chi connectivity index (χ4n) is 2.16. The molecule has 1 aromatic rings. The molecule has 1 saturated heterocycles. The molecule has 1 fully saturated rings. The summed E-state index contributed by atoms with van der Waals surface area (Å²) in [5.74, 6) is 2.02. The van der Waals surface area contributed by atoms with Gasteiger partial charge in [-0.15, -0.1) is 0 Å². The lowest BCUT2D eigenvalue weighted by atomic mass is 9.98. The van der Waals surface area contributed by atoms with E-state index in [9.17, 15) is 0 Å². The van der Waals surface area contributed by atoms with Crippen LogP contribution in [-0.4, -0.2) is 41.7 Å². The zero-order valence-electron chi connectivity index (χ0n) is 9.85. The Morgan fingerprint density at radius 2 is 2.44 bits per heavy atom. The number of piperidine rings is 1. The molecule has 2 heterocycles. The number of nitrogens with two attached hydrogens (primary N) is 1. The Bertz CT molecular complexity index is 326. The van der Waals surface area contributed by atoms with Gasteiger partial charge in [0, 0.05) is 13.0 Å². The third kappa shape index (κ3) is 2.80. The first-order valence-electron chi connectivity index (χ1n) is 6.00. The molecule has 0 unspecified atom stereocenters. The zero-order chi connectivity index (χ0) is 11.4. The fraction of sp³-hybridized carbons (Fsp3) is 0.818. The molecule has 0 aromatic carbocycles. The van der Waals surface area contributed by atoms with Gasteiger partial charge in [-0.1, -0.05) is 5.16 Å². The highest BCUT2D eigenvalue weighted by Gasteiger charge is 2.23. The Balaban J connectivity index is 1.95. The first-order chi connectivity index (χ1) is 7.79. The lowest BCUT2D eigenvalue weighted by Gasteiger charge is -2.27. The van der Waals surface area contributed by atoms with Crippen molar-refractivity contribution in [3.05, 3.63) is 11.7 Å². The molecular formula is C11H20N4O. The van der Waals surface area contributed by atoms with Gasteiger partial charge in [0.2, 0.25) is 5.89 Å². The summed E-state index contributed by atoms with van der Waals surface area (Å²) in [6.45, 7) is 2.87. The molecule has 16 heavy (non-hydrogen) atoms. The van der Waals surface area contributed by atoms with Gasteiger partial charge in [0.05, 0.1) is 5.92 Å². The molecule has 1 aliphatic rings. The molecule has 5 heteroatoms. The normalized spacial score (nSPS) is 22.5. The van der Waals surface area contributed by atoms with Gasteiger partial charge in [-0.25, -0.2) is 0 Å². The van der Waals surface area contributed by atoms with Gasteiger partial charge in [-0.05, 0) is 39.4 Å². The smallest absolute Gasteiger partial charge is 0.231 e. The van der Waals surface area contributed by atoms with Crippen molar-refractivity contribution in [2.24, 2.45) is 5.73 Å². The Kier molecular flexibility index (Phi) is 3.90. The van der Waals surface area contributed by atoms with Crippen LogP contribution >= 0.6 is 0 Å². The van der Waals surface area contributed by atoms with Crippen LogP contribution < -0.4 is 5.73 Å². The number of hydrogen-bond acceptors (Lipinski definition) is 5. The molecule has 1 atom stereocenters. The van der Waals surface area contributed by atoms with Gasteiger partial charge in [0.15, 0.2) is 5.82 Å². The third-order valence-corrected chi connectivity index (χ3v) is 3.06. The monoisotopic (exact) mass is 224 g/mol. The molecule has 0 bridgehead atoms. The first-order valence-corrected chi connectivity index (χ1v) is 6.00. The molecule has 1 aromatic heterocycles. The van der Waals surface area contributed by atoms with E-state index in [4.69, 9.17) is 10.3 Å². The van der Waals surface area contributed by atoms with E-state index in [0.717, 1.165) is 37.5 Å². The highest BCUT2D eigenvalue weighted by molar-refractivity contribution is 4.97. The summed E-state index contributed by atoms with van der Waals surface area (Å²) in [6.07, 6.45) is 4.11. The van der Waals surface area contributed by atoms with E-state index in [2.05, 4.69) is 22.1 Å². The Hall–Kier alpha value is -0.940. The number of likely N-dealkylation sites (N-methyl/N-ethyl adjacent to an activating group) is 1. The van der Waals surface area contributed by atoms with Crippen LogP contribution in [0.1, 0.15) is 36.9 Å². The van der Waals surface area contributed by atoms with Crippen molar-refractivity contribution in [1.82, 2.24) is 15.0 Å². The molecule has 2 rings (SSSR count). The minimum atomic E-state index is 0.415. The van der Waals surface area contributed by atoms with Crippen LogP contribution in [0.5, 0.6) is 0 Å². The second-order valence-electron chi connectivity index (χ2n) is 4.54. The minimum absolute atomic E-state index is 0.415. The second kappa shape index (κ2) is 5.41. The average molecular weight is 224 g/mol. The molecule has 2 N–H and O–H groups in total. The summed E-state index contributed by atoms with van der Waals surface area (Å²) in [4.78, 5) is 6.76. The van der Waals surface area contributed by atoms with E-state index >= 15 is 0 Å². The summed E-state index contributed by atoms with van der Waals surface area (Å²) in [6, 6.07) is 0. The van der Waals surface area contributed by atoms with Gasteiger partial charge >= 0.3 is 0 Å². The van der Waals surface area contributed by atoms with Crippen LogP contribution in [0.4, 0.5) is 0 Å². The Morgan fingerprint density at radius 1 is 1.56 bits per heavy atom. The van der Waals surface area contributed by atoms with Gasteiger partial charge < -0.3 is 15.2 Å². The van der Waals surface area contributed by atoms with Crippen LogP contribution in [0.15, 0.2) is 4.52 Å². The van der Waals surface area contributed by atoms with E-state index in [1.807, 2.05) is 0 Å². The largest absolute Gasteiger partial charge is 0.339 e. The summed E-state index contributed by atoms with van der Waals surface area (Å²) < 4.78 is 5.32. The molecule has 1 aliphatic heterocycles. The van der Waals surface area contributed by atoms with Crippen molar-refractivity contribution in [3.8, 4) is 0 Å². The van der Waals surface area contributed by atoms with E-state index in [1.54, 1.807) is 0 Å². The summed E-state index contributed by atoms with van der Waals surface area (Å²) in [5.41, 5.74) is 5.45. The summed E-state index contributed by atoms with van der Waals surface area (Å²) >= 11 is 0.